The number of carbonyl (C=O) groups is 2. The first-order valence-electron chi connectivity index (χ1n) is 8.28. The number of ether oxygens (including phenoxy) is 1. The molecule has 0 aromatic heterocycles. The van der Waals surface area contributed by atoms with Crippen molar-refractivity contribution in [2.45, 2.75) is 50.8 Å². The molecule has 1 heterocycles. The van der Waals surface area contributed by atoms with Crippen LogP contribution in [0.1, 0.15) is 37.7 Å². The first-order chi connectivity index (χ1) is 11.2. The molecule has 1 amide bonds. The zero-order chi connectivity index (χ0) is 16.2. The number of benzene rings is 1. The van der Waals surface area contributed by atoms with E-state index in [0.29, 0.717) is 5.92 Å². The summed E-state index contributed by atoms with van der Waals surface area (Å²) in [5.41, 5.74) is 0.945. The van der Waals surface area contributed by atoms with Gasteiger partial charge in [-0.25, -0.2) is 4.79 Å². The lowest BCUT2D eigenvalue weighted by molar-refractivity contribution is -0.121. The average molecular weight is 336 g/mol. The van der Waals surface area contributed by atoms with Crippen LogP contribution in [0.3, 0.4) is 0 Å². The van der Waals surface area contributed by atoms with Gasteiger partial charge in [-0.2, -0.15) is 0 Å². The van der Waals surface area contributed by atoms with E-state index < -0.39 is 6.04 Å². The summed E-state index contributed by atoms with van der Waals surface area (Å²) in [6, 6.07) is 9.30. The lowest BCUT2D eigenvalue weighted by Crippen LogP contribution is -2.46. The Morgan fingerprint density at radius 2 is 1.91 bits per heavy atom. The Labute approximate surface area is 141 Å². The highest BCUT2D eigenvalue weighted by Gasteiger charge is 2.47. The van der Waals surface area contributed by atoms with Crippen molar-refractivity contribution in [1.29, 1.82) is 0 Å². The van der Waals surface area contributed by atoms with Crippen molar-refractivity contribution in [2.75, 3.05) is 5.88 Å². The summed E-state index contributed by atoms with van der Waals surface area (Å²) in [5, 5.41) is 0. The van der Waals surface area contributed by atoms with Gasteiger partial charge in [0.25, 0.3) is 0 Å². The van der Waals surface area contributed by atoms with Crippen LogP contribution in [0, 0.1) is 5.92 Å². The van der Waals surface area contributed by atoms with E-state index in [4.69, 9.17) is 16.3 Å². The number of hydrogen-bond donors (Lipinski definition) is 0. The molecule has 23 heavy (non-hydrogen) atoms. The molecule has 1 aromatic carbocycles. The van der Waals surface area contributed by atoms with Crippen molar-refractivity contribution in [1.82, 2.24) is 4.90 Å². The van der Waals surface area contributed by atoms with E-state index in [0.717, 1.165) is 31.2 Å². The van der Waals surface area contributed by atoms with Crippen molar-refractivity contribution in [2.24, 2.45) is 5.92 Å². The predicted molar refractivity (Wildman–Crippen MR) is 88.3 cm³/mol. The molecule has 3 unspecified atom stereocenters. The first kappa shape index (κ1) is 16.3. The van der Waals surface area contributed by atoms with Crippen LogP contribution in [-0.2, 0) is 16.1 Å². The van der Waals surface area contributed by atoms with Gasteiger partial charge >= 0.3 is 6.09 Å². The minimum atomic E-state index is -0.413. The maximum Gasteiger partial charge on any atom is 0.410 e. The Bertz CT molecular complexity index is 563. The normalized spacial score (nSPS) is 26.7. The molecule has 2 aliphatic rings. The zero-order valence-electron chi connectivity index (χ0n) is 13.1. The van der Waals surface area contributed by atoms with E-state index in [1.807, 2.05) is 30.3 Å². The molecule has 4 nitrogen and oxygen atoms in total. The van der Waals surface area contributed by atoms with Crippen molar-refractivity contribution in [3.05, 3.63) is 35.9 Å². The van der Waals surface area contributed by atoms with Gasteiger partial charge in [0.2, 0.25) is 0 Å². The molecule has 1 aliphatic carbocycles. The summed E-state index contributed by atoms with van der Waals surface area (Å²) in [6.07, 6.45) is 4.67. The molecule has 3 atom stereocenters. The SMILES string of the molecule is O=C(CCl)C1CC2CCCCC2N1C(=O)OCc1ccccc1. The highest BCUT2D eigenvalue weighted by Crippen LogP contribution is 2.40. The fourth-order valence-electron chi connectivity index (χ4n) is 3.89. The van der Waals surface area contributed by atoms with Crippen molar-refractivity contribution in [3.8, 4) is 0 Å². The van der Waals surface area contributed by atoms with Gasteiger partial charge in [0.1, 0.15) is 6.61 Å². The van der Waals surface area contributed by atoms with E-state index in [1.165, 1.54) is 6.42 Å². The fraction of sp³-hybridized carbons (Fsp3) is 0.556. The molecule has 1 saturated carbocycles. The van der Waals surface area contributed by atoms with Crippen LogP contribution in [-0.4, -0.2) is 34.7 Å². The summed E-state index contributed by atoms with van der Waals surface area (Å²) < 4.78 is 5.48. The van der Waals surface area contributed by atoms with E-state index in [9.17, 15) is 9.59 Å². The molecule has 124 valence electrons. The largest absolute Gasteiger partial charge is 0.445 e. The summed E-state index contributed by atoms with van der Waals surface area (Å²) in [4.78, 5) is 26.5. The minimum absolute atomic E-state index is 0.0490. The molecule has 1 aromatic rings. The van der Waals surface area contributed by atoms with Gasteiger partial charge in [-0.15, -0.1) is 11.6 Å². The van der Waals surface area contributed by atoms with Gasteiger partial charge in [-0.1, -0.05) is 43.2 Å². The van der Waals surface area contributed by atoms with Crippen LogP contribution in [0.2, 0.25) is 0 Å². The van der Waals surface area contributed by atoms with Crippen LogP contribution in [0.4, 0.5) is 4.79 Å². The summed E-state index contributed by atoms with van der Waals surface area (Å²) >= 11 is 5.74. The topological polar surface area (TPSA) is 46.6 Å². The molecule has 1 aliphatic heterocycles. The molecular weight excluding hydrogens is 314 g/mol. The van der Waals surface area contributed by atoms with Crippen LogP contribution >= 0.6 is 11.6 Å². The molecular formula is C18H22ClNO3. The highest BCUT2D eigenvalue weighted by atomic mass is 35.5. The third-order valence-corrected chi connectivity index (χ3v) is 5.27. The monoisotopic (exact) mass is 335 g/mol. The molecule has 1 saturated heterocycles. The van der Waals surface area contributed by atoms with Crippen LogP contribution in [0.25, 0.3) is 0 Å². The van der Waals surface area contributed by atoms with Crippen LogP contribution < -0.4 is 0 Å². The van der Waals surface area contributed by atoms with Gasteiger partial charge in [0.15, 0.2) is 5.78 Å². The number of nitrogens with zero attached hydrogens (tertiary/aromatic N) is 1. The lowest BCUT2D eigenvalue weighted by Gasteiger charge is -2.32. The third kappa shape index (κ3) is 3.52. The Morgan fingerprint density at radius 1 is 1.17 bits per heavy atom. The van der Waals surface area contributed by atoms with E-state index >= 15 is 0 Å². The van der Waals surface area contributed by atoms with Gasteiger partial charge in [-0.05, 0) is 30.7 Å². The number of Topliss-reactive ketones (excluding diaryl/α,β-unsaturated/α-hetero) is 1. The van der Waals surface area contributed by atoms with E-state index in [1.54, 1.807) is 4.90 Å². The number of amides is 1. The number of alkyl halides is 1. The molecule has 0 N–H and O–H groups in total. The van der Waals surface area contributed by atoms with E-state index in [-0.39, 0.29) is 30.4 Å². The van der Waals surface area contributed by atoms with Gasteiger partial charge < -0.3 is 4.74 Å². The second-order valence-corrected chi connectivity index (χ2v) is 6.68. The number of halogens is 1. The fourth-order valence-corrected chi connectivity index (χ4v) is 4.07. The molecule has 3 rings (SSSR count). The third-order valence-electron chi connectivity index (χ3n) is 5.01. The molecule has 0 radical (unpaired) electrons. The Balaban J connectivity index is 1.70. The molecule has 0 bridgehead atoms. The van der Waals surface area contributed by atoms with Gasteiger partial charge in [0.05, 0.1) is 11.9 Å². The second-order valence-electron chi connectivity index (χ2n) is 6.41. The number of carbonyl (C=O) groups excluding carboxylic acids is 2. The smallest absolute Gasteiger partial charge is 0.410 e. The summed E-state index contributed by atoms with van der Waals surface area (Å²) in [6.45, 7) is 0.231. The number of hydrogen-bond acceptors (Lipinski definition) is 3. The van der Waals surface area contributed by atoms with Crippen molar-refractivity contribution >= 4 is 23.5 Å². The lowest BCUT2D eigenvalue weighted by atomic mass is 9.84. The van der Waals surface area contributed by atoms with Crippen LogP contribution in [0.15, 0.2) is 30.3 Å². The average Bonchev–Trinajstić information content (AvgIpc) is 2.99. The standard InChI is InChI=1S/C18H22ClNO3/c19-11-17(21)16-10-14-8-4-5-9-15(14)20(16)18(22)23-12-13-6-2-1-3-7-13/h1-3,6-7,14-16H,4-5,8-12H2. The number of rotatable bonds is 4. The Kier molecular flexibility index (Phi) is 5.21. The van der Waals surface area contributed by atoms with E-state index in [2.05, 4.69) is 0 Å². The predicted octanol–water partition coefficient (Wildman–Crippen LogP) is 3.76. The second kappa shape index (κ2) is 7.35. The van der Waals surface area contributed by atoms with Gasteiger partial charge in [-0.3, -0.25) is 9.69 Å². The first-order valence-corrected chi connectivity index (χ1v) is 8.82. The highest BCUT2D eigenvalue weighted by molar-refractivity contribution is 6.28. The quantitative estimate of drug-likeness (QED) is 0.787. The number of likely N-dealkylation sites (tertiary alicyclic amines) is 1. The van der Waals surface area contributed by atoms with Crippen molar-refractivity contribution in [3.63, 3.8) is 0 Å². The van der Waals surface area contributed by atoms with Crippen LogP contribution in [0.5, 0.6) is 0 Å². The number of fused-ring (bicyclic) bond motifs is 1. The maximum atomic E-state index is 12.6. The Hall–Kier alpha value is -1.55. The molecule has 2 fully saturated rings. The summed E-state index contributed by atoms with van der Waals surface area (Å²) in [7, 11) is 0. The maximum absolute atomic E-state index is 12.6. The molecule has 5 heteroatoms. The van der Waals surface area contributed by atoms with Gasteiger partial charge in [0, 0.05) is 6.04 Å². The zero-order valence-corrected chi connectivity index (χ0v) is 13.9. The molecule has 0 spiro atoms. The summed E-state index contributed by atoms with van der Waals surface area (Å²) in [5.74, 6) is 0.287. The Morgan fingerprint density at radius 3 is 2.65 bits per heavy atom. The van der Waals surface area contributed by atoms with Crippen molar-refractivity contribution < 1.29 is 14.3 Å². The number of ketones is 1. The minimum Gasteiger partial charge on any atom is -0.445 e.